The first-order valence-corrected chi connectivity index (χ1v) is 12.2. The van der Waals surface area contributed by atoms with Gasteiger partial charge in [0.25, 0.3) is 6.43 Å². The summed E-state index contributed by atoms with van der Waals surface area (Å²) in [6, 6.07) is 4.14. The van der Waals surface area contributed by atoms with Crippen LogP contribution in [0.3, 0.4) is 0 Å². The Morgan fingerprint density at radius 1 is 1.13 bits per heavy atom. The van der Waals surface area contributed by atoms with Crippen LogP contribution in [0.2, 0.25) is 0 Å². The highest BCUT2D eigenvalue weighted by atomic mass is 19.3. The third-order valence-electron chi connectivity index (χ3n) is 6.75. The maximum atomic E-state index is 12.9. The SMILES string of the molecule is N#Cc1cnc2c(c1)ncn2[C@H]1CCC[C@@H](Nc2ncc(-c3cn[nH]c3)c(-c3cnn(CC(F)F)c3)n2)C1. The zero-order valence-electron chi connectivity index (χ0n) is 20.2. The number of nitrogens with one attached hydrogen (secondary N) is 2. The van der Waals surface area contributed by atoms with Crippen molar-refractivity contribution in [3.8, 4) is 28.5 Å². The van der Waals surface area contributed by atoms with E-state index in [9.17, 15) is 8.78 Å². The van der Waals surface area contributed by atoms with Crippen LogP contribution < -0.4 is 5.32 Å². The number of rotatable bonds is 7. The smallest absolute Gasteiger partial charge is 0.257 e. The van der Waals surface area contributed by atoms with Crippen molar-refractivity contribution in [2.75, 3.05) is 5.32 Å². The lowest BCUT2D eigenvalue weighted by molar-refractivity contribution is 0.122. The summed E-state index contributed by atoms with van der Waals surface area (Å²) in [5, 5.41) is 23.5. The Balaban J connectivity index is 1.26. The van der Waals surface area contributed by atoms with Crippen molar-refractivity contribution in [3.05, 3.63) is 55.1 Å². The van der Waals surface area contributed by atoms with Crippen molar-refractivity contribution >= 4 is 17.1 Å². The Morgan fingerprint density at radius 2 is 2.05 bits per heavy atom. The third-order valence-corrected chi connectivity index (χ3v) is 6.75. The number of anilines is 1. The van der Waals surface area contributed by atoms with Gasteiger partial charge in [0.1, 0.15) is 18.1 Å². The second-order valence-electron chi connectivity index (χ2n) is 9.28. The fraction of sp³-hybridized carbons (Fsp3) is 0.320. The largest absolute Gasteiger partial charge is 0.351 e. The molecule has 38 heavy (non-hydrogen) atoms. The second-order valence-corrected chi connectivity index (χ2v) is 9.28. The van der Waals surface area contributed by atoms with Crippen LogP contribution in [0.5, 0.6) is 0 Å². The van der Waals surface area contributed by atoms with Gasteiger partial charge < -0.3 is 9.88 Å². The number of pyridine rings is 1. The molecule has 5 aromatic heterocycles. The van der Waals surface area contributed by atoms with Crippen molar-refractivity contribution in [3.63, 3.8) is 0 Å². The molecule has 0 spiro atoms. The molecular formula is C25H23F2N11. The minimum Gasteiger partial charge on any atom is -0.351 e. The van der Waals surface area contributed by atoms with Crippen LogP contribution in [-0.4, -0.2) is 56.9 Å². The summed E-state index contributed by atoms with van der Waals surface area (Å²) in [4.78, 5) is 18.2. The first kappa shape index (κ1) is 23.7. The van der Waals surface area contributed by atoms with Crippen LogP contribution in [0, 0.1) is 11.3 Å². The molecule has 1 saturated carbocycles. The number of hydrogen-bond donors (Lipinski definition) is 2. The highest BCUT2D eigenvalue weighted by Gasteiger charge is 2.26. The molecule has 1 fully saturated rings. The monoisotopic (exact) mass is 515 g/mol. The summed E-state index contributed by atoms with van der Waals surface area (Å²) in [5.41, 5.74) is 4.64. The molecular weight excluding hydrogens is 492 g/mol. The van der Waals surface area contributed by atoms with E-state index < -0.39 is 13.0 Å². The first-order valence-electron chi connectivity index (χ1n) is 12.2. The number of fused-ring (bicyclic) bond motifs is 1. The molecule has 0 unspecified atom stereocenters. The van der Waals surface area contributed by atoms with Crippen molar-refractivity contribution in [1.82, 2.24) is 44.5 Å². The lowest BCUT2D eigenvalue weighted by Gasteiger charge is -2.30. The summed E-state index contributed by atoms with van der Waals surface area (Å²) >= 11 is 0. The molecule has 5 aromatic rings. The minimum atomic E-state index is -2.51. The molecule has 6 rings (SSSR count). The van der Waals surface area contributed by atoms with E-state index in [1.165, 1.54) is 10.9 Å². The Morgan fingerprint density at radius 3 is 2.87 bits per heavy atom. The minimum absolute atomic E-state index is 0.110. The zero-order chi connectivity index (χ0) is 26.1. The lowest BCUT2D eigenvalue weighted by atomic mass is 9.91. The molecule has 0 bridgehead atoms. The van der Waals surface area contributed by atoms with Gasteiger partial charge in [0.15, 0.2) is 5.65 Å². The Kier molecular flexibility index (Phi) is 6.20. The molecule has 0 radical (unpaired) electrons. The van der Waals surface area contributed by atoms with Gasteiger partial charge >= 0.3 is 0 Å². The predicted octanol–water partition coefficient (Wildman–Crippen LogP) is 4.21. The molecule has 2 atom stereocenters. The van der Waals surface area contributed by atoms with Gasteiger partial charge in [0.05, 0.1) is 30.0 Å². The fourth-order valence-electron chi connectivity index (χ4n) is 4.99. The van der Waals surface area contributed by atoms with Gasteiger partial charge in [-0.25, -0.2) is 28.7 Å². The summed E-state index contributed by atoms with van der Waals surface area (Å²) in [5.74, 6) is 0.451. The number of H-pyrrole nitrogens is 1. The number of imidazole rings is 1. The maximum Gasteiger partial charge on any atom is 0.257 e. The normalized spacial score (nSPS) is 17.6. The van der Waals surface area contributed by atoms with E-state index in [1.807, 2.05) is 0 Å². The average molecular weight is 516 g/mol. The predicted molar refractivity (Wildman–Crippen MR) is 134 cm³/mol. The number of nitrogens with zero attached hydrogens (tertiary/aromatic N) is 9. The quantitative estimate of drug-likeness (QED) is 0.329. The van der Waals surface area contributed by atoms with Crippen molar-refractivity contribution < 1.29 is 8.78 Å². The van der Waals surface area contributed by atoms with Gasteiger partial charge in [-0.2, -0.15) is 15.5 Å². The maximum absolute atomic E-state index is 12.9. The van der Waals surface area contributed by atoms with E-state index in [0.717, 1.165) is 42.5 Å². The molecule has 0 amide bonds. The van der Waals surface area contributed by atoms with E-state index in [4.69, 9.17) is 10.2 Å². The van der Waals surface area contributed by atoms with Crippen LogP contribution >= 0.6 is 0 Å². The Hall–Kier alpha value is -4.73. The fourth-order valence-corrected chi connectivity index (χ4v) is 4.99. The van der Waals surface area contributed by atoms with Crippen LogP contribution in [0.15, 0.2) is 49.6 Å². The molecule has 0 saturated heterocycles. The molecule has 0 aliphatic heterocycles. The molecule has 0 aromatic carbocycles. The molecule has 1 aliphatic carbocycles. The second kappa shape index (κ2) is 9.97. The van der Waals surface area contributed by atoms with E-state index in [1.54, 1.807) is 43.4 Å². The summed E-state index contributed by atoms with van der Waals surface area (Å²) < 4.78 is 29.1. The van der Waals surface area contributed by atoms with Gasteiger partial charge in [-0.15, -0.1) is 0 Å². The summed E-state index contributed by atoms with van der Waals surface area (Å²) in [7, 11) is 0. The molecule has 1 aliphatic rings. The van der Waals surface area contributed by atoms with E-state index in [-0.39, 0.29) is 12.1 Å². The number of hydrogen-bond acceptors (Lipinski definition) is 8. The van der Waals surface area contributed by atoms with E-state index in [0.29, 0.717) is 28.3 Å². The van der Waals surface area contributed by atoms with Gasteiger partial charge in [0, 0.05) is 53.6 Å². The first-order chi connectivity index (χ1) is 18.6. The number of halogens is 2. The number of alkyl halides is 2. The van der Waals surface area contributed by atoms with Crippen LogP contribution in [0.1, 0.15) is 37.3 Å². The van der Waals surface area contributed by atoms with Crippen molar-refractivity contribution in [2.45, 2.75) is 50.7 Å². The number of nitriles is 1. The Bertz CT molecular complexity index is 1600. The molecule has 13 heteroatoms. The van der Waals surface area contributed by atoms with E-state index >= 15 is 0 Å². The van der Waals surface area contributed by atoms with Crippen molar-refractivity contribution in [1.29, 1.82) is 5.26 Å². The van der Waals surface area contributed by atoms with Gasteiger partial charge in [0.2, 0.25) is 5.95 Å². The van der Waals surface area contributed by atoms with Gasteiger partial charge in [-0.05, 0) is 31.7 Å². The summed E-state index contributed by atoms with van der Waals surface area (Å²) in [6.07, 6.45) is 12.8. The van der Waals surface area contributed by atoms with Gasteiger partial charge in [-0.1, -0.05) is 0 Å². The molecule has 2 N–H and O–H groups in total. The Labute approximate surface area is 215 Å². The van der Waals surface area contributed by atoms with Gasteiger partial charge in [-0.3, -0.25) is 9.78 Å². The lowest BCUT2D eigenvalue weighted by Crippen LogP contribution is -2.29. The van der Waals surface area contributed by atoms with Crippen LogP contribution in [-0.2, 0) is 6.54 Å². The molecule has 192 valence electrons. The molecule has 11 nitrogen and oxygen atoms in total. The number of aromatic nitrogens is 9. The van der Waals surface area contributed by atoms with Crippen LogP contribution in [0.25, 0.3) is 33.5 Å². The standard InChI is InChI=1S/C25H23F2N11/c26-22(27)13-37-12-17(10-34-37)23-20(16-8-32-33-9-16)11-30-25(36-23)35-18-2-1-3-19(5-18)38-14-31-21-4-15(6-28)7-29-24(21)38/h4,7-12,14,18-19,22H,1-3,5,13H2,(H,32,33)(H,30,35,36)/t18-,19+/m1/s1. The highest BCUT2D eigenvalue weighted by Crippen LogP contribution is 2.34. The molecule has 5 heterocycles. The van der Waals surface area contributed by atoms with Crippen molar-refractivity contribution in [2.24, 2.45) is 0 Å². The topological polar surface area (TPSA) is 139 Å². The van der Waals surface area contributed by atoms with Crippen LogP contribution in [0.4, 0.5) is 14.7 Å². The third kappa shape index (κ3) is 4.68. The van der Waals surface area contributed by atoms with E-state index in [2.05, 4.69) is 46.2 Å². The number of aromatic amines is 1. The highest BCUT2D eigenvalue weighted by molar-refractivity contribution is 5.79. The summed E-state index contributed by atoms with van der Waals surface area (Å²) in [6.45, 7) is -0.490. The zero-order valence-corrected chi connectivity index (χ0v) is 20.2. The average Bonchev–Trinajstić information content (AvgIpc) is 3.69.